The minimum Gasteiger partial charge on any atom is -0.348 e. The summed E-state index contributed by atoms with van der Waals surface area (Å²) in [6, 6.07) is 9.41. The Morgan fingerprint density at radius 2 is 1.97 bits per heavy atom. The summed E-state index contributed by atoms with van der Waals surface area (Å²) < 4.78 is 15.5. The molecular formula is C22H22FN7O2. The summed E-state index contributed by atoms with van der Waals surface area (Å²) in [6.45, 7) is 0.968. The maximum Gasteiger partial charge on any atom is 0.321 e. The number of carbonyl (C=O) groups excluding carboxylic acids is 2. The molecule has 0 unspecified atom stereocenters. The van der Waals surface area contributed by atoms with Crippen molar-refractivity contribution < 1.29 is 14.0 Å². The van der Waals surface area contributed by atoms with Crippen molar-refractivity contribution in [3.63, 3.8) is 0 Å². The maximum atomic E-state index is 13.9. The number of urea groups is 1. The maximum absolute atomic E-state index is 13.9. The molecule has 4 heterocycles. The Labute approximate surface area is 183 Å². The standard InChI is InChI=1S/C22H22FN7O2/c23-16-5-1-2-6-17(16)25-21(32)29-10-7-22(8-11-29)12-18-26-20(15-4-3-9-24-13-15)28-30(18)14-19(31)27-22/h1-6,9,13H,7-8,10-12,14H2,(H,25,32)(H,27,31). The molecule has 0 saturated carbocycles. The van der Waals surface area contributed by atoms with Crippen LogP contribution in [0, 0.1) is 5.82 Å². The molecule has 0 bridgehead atoms. The molecule has 1 spiro atoms. The second kappa shape index (κ2) is 8.03. The van der Waals surface area contributed by atoms with Crippen LogP contribution in [0.15, 0.2) is 48.8 Å². The molecule has 2 aliphatic rings. The summed E-state index contributed by atoms with van der Waals surface area (Å²) in [7, 11) is 0. The molecule has 9 nitrogen and oxygen atoms in total. The molecule has 164 valence electrons. The lowest BCUT2D eigenvalue weighted by atomic mass is 9.84. The van der Waals surface area contributed by atoms with E-state index < -0.39 is 11.4 Å². The van der Waals surface area contributed by atoms with E-state index in [9.17, 15) is 14.0 Å². The van der Waals surface area contributed by atoms with Crippen LogP contribution < -0.4 is 10.6 Å². The van der Waals surface area contributed by atoms with E-state index in [-0.39, 0.29) is 24.2 Å². The van der Waals surface area contributed by atoms with Crippen molar-refractivity contribution in [2.45, 2.75) is 31.3 Å². The van der Waals surface area contributed by atoms with Gasteiger partial charge in [-0.25, -0.2) is 18.9 Å². The van der Waals surface area contributed by atoms with Crippen molar-refractivity contribution in [1.29, 1.82) is 0 Å². The number of halogens is 1. The summed E-state index contributed by atoms with van der Waals surface area (Å²) in [4.78, 5) is 35.6. The lowest BCUT2D eigenvalue weighted by molar-refractivity contribution is -0.123. The Morgan fingerprint density at radius 3 is 2.72 bits per heavy atom. The predicted molar refractivity (Wildman–Crippen MR) is 114 cm³/mol. The molecule has 5 rings (SSSR count). The van der Waals surface area contributed by atoms with Gasteiger partial charge < -0.3 is 15.5 Å². The zero-order valence-corrected chi connectivity index (χ0v) is 17.3. The number of para-hydroxylation sites is 1. The molecule has 0 radical (unpaired) electrons. The van der Waals surface area contributed by atoms with Gasteiger partial charge in [0, 0.05) is 37.5 Å². The Balaban J connectivity index is 1.30. The van der Waals surface area contributed by atoms with Gasteiger partial charge in [-0.3, -0.25) is 9.78 Å². The number of anilines is 1. The van der Waals surface area contributed by atoms with Crippen LogP contribution in [0.1, 0.15) is 18.7 Å². The largest absolute Gasteiger partial charge is 0.348 e. The quantitative estimate of drug-likeness (QED) is 0.642. The van der Waals surface area contributed by atoms with Crippen molar-refractivity contribution in [3.8, 4) is 11.4 Å². The third-order valence-electron chi connectivity index (χ3n) is 5.99. The normalized spacial score (nSPS) is 17.4. The highest BCUT2D eigenvalue weighted by molar-refractivity contribution is 5.89. The first-order valence-corrected chi connectivity index (χ1v) is 10.5. The zero-order valence-electron chi connectivity index (χ0n) is 17.3. The van der Waals surface area contributed by atoms with Crippen LogP contribution in [-0.4, -0.2) is 55.2 Å². The van der Waals surface area contributed by atoms with E-state index in [0.29, 0.717) is 38.2 Å². The third-order valence-corrected chi connectivity index (χ3v) is 5.99. The molecule has 2 aliphatic heterocycles. The highest BCUT2D eigenvalue weighted by Crippen LogP contribution is 2.29. The summed E-state index contributed by atoms with van der Waals surface area (Å²) >= 11 is 0. The van der Waals surface area contributed by atoms with Crippen LogP contribution in [0.25, 0.3) is 11.4 Å². The van der Waals surface area contributed by atoms with Gasteiger partial charge in [0.2, 0.25) is 5.91 Å². The van der Waals surface area contributed by atoms with Crippen molar-refractivity contribution in [2.75, 3.05) is 18.4 Å². The number of pyridine rings is 1. The highest BCUT2D eigenvalue weighted by Gasteiger charge is 2.41. The minimum absolute atomic E-state index is 0.0990. The number of aromatic nitrogens is 4. The minimum atomic E-state index is -0.501. The third kappa shape index (κ3) is 3.91. The number of piperidine rings is 1. The number of carbonyl (C=O) groups is 2. The summed E-state index contributed by atoms with van der Waals surface area (Å²) in [5.41, 5.74) is 0.443. The zero-order chi connectivity index (χ0) is 22.1. The van der Waals surface area contributed by atoms with Gasteiger partial charge in [-0.1, -0.05) is 12.1 Å². The van der Waals surface area contributed by atoms with Gasteiger partial charge in [0.1, 0.15) is 18.2 Å². The fourth-order valence-electron chi connectivity index (χ4n) is 4.26. The molecule has 2 N–H and O–H groups in total. The van der Waals surface area contributed by atoms with Crippen LogP contribution in [0.2, 0.25) is 0 Å². The molecule has 0 atom stereocenters. The van der Waals surface area contributed by atoms with E-state index in [1.165, 1.54) is 12.1 Å². The number of amides is 3. The second-order valence-electron chi connectivity index (χ2n) is 8.15. The van der Waals surface area contributed by atoms with Gasteiger partial charge in [-0.05, 0) is 37.1 Å². The van der Waals surface area contributed by atoms with Crippen LogP contribution in [0.3, 0.4) is 0 Å². The van der Waals surface area contributed by atoms with Crippen molar-refractivity contribution in [1.82, 2.24) is 30.0 Å². The second-order valence-corrected chi connectivity index (χ2v) is 8.15. The fraction of sp³-hybridized carbons (Fsp3) is 0.318. The molecule has 32 heavy (non-hydrogen) atoms. The Bertz CT molecular complexity index is 1160. The summed E-state index contributed by atoms with van der Waals surface area (Å²) in [5, 5.41) is 10.3. The lowest BCUT2D eigenvalue weighted by Gasteiger charge is -2.41. The van der Waals surface area contributed by atoms with Gasteiger partial charge in [-0.2, -0.15) is 5.10 Å². The molecule has 1 saturated heterocycles. The first-order chi connectivity index (χ1) is 15.5. The van der Waals surface area contributed by atoms with E-state index in [1.54, 1.807) is 34.1 Å². The predicted octanol–water partition coefficient (Wildman–Crippen LogP) is 2.22. The molecule has 3 aromatic rings. The first-order valence-electron chi connectivity index (χ1n) is 10.5. The molecular weight excluding hydrogens is 413 g/mol. The molecule has 3 amide bonds. The summed E-state index contributed by atoms with van der Waals surface area (Å²) in [6.07, 6.45) is 5.03. The Hall–Kier alpha value is -3.82. The van der Waals surface area contributed by atoms with Crippen molar-refractivity contribution in [2.24, 2.45) is 0 Å². The average Bonchev–Trinajstić information content (AvgIpc) is 3.12. The van der Waals surface area contributed by atoms with Gasteiger partial charge in [-0.15, -0.1) is 0 Å². The monoisotopic (exact) mass is 435 g/mol. The topological polar surface area (TPSA) is 105 Å². The van der Waals surface area contributed by atoms with Gasteiger partial charge >= 0.3 is 6.03 Å². The van der Waals surface area contributed by atoms with E-state index in [4.69, 9.17) is 0 Å². The highest BCUT2D eigenvalue weighted by atomic mass is 19.1. The average molecular weight is 435 g/mol. The molecule has 1 fully saturated rings. The van der Waals surface area contributed by atoms with Gasteiger partial charge in [0.15, 0.2) is 5.82 Å². The van der Waals surface area contributed by atoms with E-state index in [1.807, 2.05) is 12.1 Å². The van der Waals surface area contributed by atoms with Gasteiger partial charge in [0.05, 0.1) is 11.2 Å². The number of likely N-dealkylation sites (tertiary alicyclic amines) is 1. The van der Waals surface area contributed by atoms with Gasteiger partial charge in [0.25, 0.3) is 0 Å². The Morgan fingerprint density at radius 1 is 1.16 bits per heavy atom. The summed E-state index contributed by atoms with van der Waals surface area (Å²) in [5.74, 6) is 0.663. The number of hydrogen-bond donors (Lipinski definition) is 2. The van der Waals surface area contributed by atoms with Crippen LogP contribution >= 0.6 is 0 Å². The molecule has 2 aromatic heterocycles. The van der Waals surface area contributed by atoms with Crippen molar-refractivity contribution >= 4 is 17.6 Å². The lowest BCUT2D eigenvalue weighted by Crippen LogP contribution is -2.57. The number of fused-ring (bicyclic) bond motifs is 1. The first kappa shape index (κ1) is 20.1. The number of benzene rings is 1. The van der Waals surface area contributed by atoms with E-state index in [0.717, 1.165) is 11.4 Å². The number of hydrogen-bond acceptors (Lipinski definition) is 5. The number of rotatable bonds is 2. The van der Waals surface area contributed by atoms with E-state index >= 15 is 0 Å². The smallest absolute Gasteiger partial charge is 0.321 e. The number of nitrogens with one attached hydrogen (secondary N) is 2. The molecule has 10 heteroatoms. The molecule has 0 aliphatic carbocycles. The van der Waals surface area contributed by atoms with E-state index in [2.05, 4.69) is 25.7 Å². The van der Waals surface area contributed by atoms with Crippen LogP contribution in [0.5, 0.6) is 0 Å². The number of nitrogens with zero attached hydrogens (tertiary/aromatic N) is 5. The van der Waals surface area contributed by atoms with Crippen LogP contribution in [-0.2, 0) is 17.8 Å². The molecule has 1 aromatic carbocycles. The SMILES string of the molecule is O=C1Cn2nc(-c3cccnc3)nc2CC2(CCN(C(=O)Nc3ccccc3F)CC2)N1. The Kier molecular flexibility index (Phi) is 5.04. The van der Waals surface area contributed by atoms with Crippen molar-refractivity contribution in [3.05, 3.63) is 60.4 Å². The van der Waals surface area contributed by atoms with Crippen LogP contribution in [0.4, 0.5) is 14.9 Å². The fourth-order valence-corrected chi connectivity index (χ4v) is 4.26.